The van der Waals surface area contributed by atoms with E-state index in [0.717, 1.165) is 12.1 Å². The van der Waals surface area contributed by atoms with Gasteiger partial charge in [0.2, 0.25) is 5.91 Å². The third-order valence-electron chi connectivity index (χ3n) is 4.74. The van der Waals surface area contributed by atoms with Gasteiger partial charge >= 0.3 is 6.18 Å². The molecular formula is C18H17F4N3O2. The van der Waals surface area contributed by atoms with Gasteiger partial charge in [0.1, 0.15) is 35.2 Å². The molecule has 1 aliphatic rings. The molecular weight excluding hydrogens is 366 g/mol. The standard InChI is InChI=1S/C18H17F4N3O2/c1-17(16(24)26)8-27-15-11(17)6-13(12(7-23)18(20,21)22)25-14(15)9-2-4-10(19)5-3-9/h2-6,12H,7-8,23H2,1H3,(H2,24,26)/t12?,17-/m0/s1. The van der Waals surface area contributed by atoms with Gasteiger partial charge in [-0.05, 0) is 37.3 Å². The van der Waals surface area contributed by atoms with Crippen molar-refractivity contribution in [2.75, 3.05) is 13.2 Å². The molecule has 144 valence electrons. The van der Waals surface area contributed by atoms with Gasteiger partial charge in [-0.25, -0.2) is 9.37 Å². The Hall–Kier alpha value is -2.68. The first-order chi connectivity index (χ1) is 12.6. The molecule has 2 atom stereocenters. The smallest absolute Gasteiger partial charge is 0.398 e. The zero-order valence-corrected chi connectivity index (χ0v) is 14.3. The number of benzene rings is 1. The number of primary amides is 1. The Morgan fingerprint density at radius 2 is 1.96 bits per heavy atom. The summed E-state index contributed by atoms with van der Waals surface area (Å²) in [5.41, 5.74) is 9.78. The number of carbonyl (C=O) groups excluding carboxylic acids is 1. The number of hydrogen-bond donors (Lipinski definition) is 2. The summed E-state index contributed by atoms with van der Waals surface area (Å²) < 4.78 is 59.0. The second-order valence-electron chi connectivity index (χ2n) is 6.59. The average Bonchev–Trinajstić information content (AvgIpc) is 2.93. The summed E-state index contributed by atoms with van der Waals surface area (Å²) in [6, 6.07) is 6.22. The van der Waals surface area contributed by atoms with E-state index in [1.807, 2.05) is 0 Å². The summed E-state index contributed by atoms with van der Waals surface area (Å²) in [6.45, 7) is 0.646. The van der Waals surface area contributed by atoms with Crippen LogP contribution in [0.3, 0.4) is 0 Å². The first-order valence-electron chi connectivity index (χ1n) is 8.08. The van der Waals surface area contributed by atoms with Crippen molar-refractivity contribution in [3.05, 3.63) is 47.4 Å². The van der Waals surface area contributed by atoms with Crippen molar-refractivity contribution >= 4 is 5.91 Å². The van der Waals surface area contributed by atoms with Crippen LogP contribution in [0.1, 0.15) is 24.1 Å². The maximum atomic E-state index is 13.4. The first-order valence-corrected chi connectivity index (χ1v) is 8.08. The third kappa shape index (κ3) is 3.23. The summed E-state index contributed by atoms with van der Waals surface area (Å²) in [6.07, 6.45) is -4.63. The van der Waals surface area contributed by atoms with Crippen LogP contribution >= 0.6 is 0 Å². The van der Waals surface area contributed by atoms with Crippen molar-refractivity contribution < 1.29 is 27.1 Å². The lowest BCUT2D eigenvalue weighted by Crippen LogP contribution is -2.40. The van der Waals surface area contributed by atoms with E-state index in [2.05, 4.69) is 4.98 Å². The second-order valence-corrected chi connectivity index (χ2v) is 6.59. The zero-order valence-electron chi connectivity index (χ0n) is 14.3. The molecule has 0 bridgehead atoms. The van der Waals surface area contributed by atoms with Crippen LogP contribution in [0.25, 0.3) is 11.3 Å². The number of carbonyl (C=O) groups is 1. The molecule has 0 aliphatic carbocycles. The average molecular weight is 383 g/mol. The van der Waals surface area contributed by atoms with E-state index < -0.39 is 35.8 Å². The Kier molecular flexibility index (Phi) is 4.59. The number of nitrogens with two attached hydrogens (primary N) is 2. The van der Waals surface area contributed by atoms with Gasteiger partial charge in [0, 0.05) is 17.7 Å². The predicted octanol–water partition coefficient (Wildman–Crippen LogP) is 2.63. The third-order valence-corrected chi connectivity index (χ3v) is 4.74. The molecule has 0 spiro atoms. The van der Waals surface area contributed by atoms with Crippen LogP contribution in [-0.4, -0.2) is 30.2 Å². The number of ether oxygens (including phenoxy) is 1. The fourth-order valence-electron chi connectivity index (χ4n) is 3.01. The molecule has 1 aliphatic heterocycles. The topological polar surface area (TPSA) is 91.2 Å². The number of alkyl halides is 3. The Morgan fingerprint density at radius 1 is 1.33 bits per heavy atom. The van der Waals surface area contributed by atoms with Crippen LogP contribution < -0.4 is 16.2 Å². The molecule has 27 heavy (non-hydrogen) atoms. The quantitative estimate of drug-likeness (QED) is 0.794. The molecule has 9 heteroatoms. The maximum Gasteiger partial charge on any atom is 0.398 e. The molecule has 3 rings (SSSR count). The van der Waals surface area contributed by atoms with Gasteiger partial charge in [-0.1, -0.05) is 0 Å². The number of fused-ring (bicyclic) bond motifs is 1. The molecule has 4 N–H and O–H groups in total. The lowest BCUT2D eigenvalue weighted by atomic mass is 9.82. The second kappa shape index (κ2) is 6.49. The van der Waals surface area contributed by atoms with Gasteiger partial charge in [-0.15, -0.1) is 0 Å². The monoisotopic (exact) mass is 383 g/mol. The summed E-state index contributed by atoms with van der Waals surface area (Å²) in [5, 5.41) is 0. The lowest BCUT2D eigenvalue weighted by molar-refractivity contribution is -0.148. The number of pyridine rings is 1. The van der Waals surface area contributed by atoms with Crippen molar-refractivity contribution in [2.45, 2.75) is 24.4 Å². The SMILES string of the molecule is C[C@]1(C(N)=O)COc2c1cc(C(CN)C(F)(F)F)nc2-c1ccc(F)cc1. The van der Waals surface area contributed by atoms with E-state index in [-0.39, 0.29) is 29.3 Å². The largest absolute Gasteiger partial charge is 0.489 e. The van der Waals surface area contributed by atoms with E-state index in [9.17, 15) is 22.4 Å². The molecule has 5 nitrogen and oxygen atoms in total. The minimum Gasteiger partial charge on any atom is -0.489 e. The summed E-state index contributed by atoms with van der Waals surface area (Å²) in [7, 11) is 0. The van der Waals surface area contributed by atoms with Crippen LogP contribution in [0.2, 0.25) is 0 Å². The molecule has 1 aromatic carbocycles. The van der Waals surface area contributed by atoms with Gasteiger partial charge in [-0.2, -0.15) is 13.2 Å². The molecule has 1 amide bonds. The van der Waals surface area contributed by atoms with E-state index in [1.165, 1.54) is 25.1 Å². The van der Waals surface area contributed by atoms with Gasteiger partial charge < -0.3 is 16.2 Å². The van der Waals surface area contributed by atoms with E-state index in [4.69, 9.17) is 16.2 Å². The highest BCUT2D eigenvalue weighted by molar-refractivity contribution is 5.90. The van der Waals surface area contributed by atoms with Gasteiger partial charge in [0.25, 0.3) is 0 Å². The van der Waals surface area contributed by atoms with Crippen LogP contribution in [0, 0.1) is 5.82 Å². The molecule has 0 saturated carbocycles. The minimum atomic E-state index is -4.63. The Labute approximate surface area is 152 Å². The molecule has 2 heterocycles. The van der Waals surface area contributed by atoms with Crippen LogP contribution in [0.4, 0.5) is 17.6 Å². The van der Waals surface area contributed by atoms with Crippen molar-refractivity contribution in [3.63, 3.8) is 0 Å². The Morgan fingerprint density at radius 3 is 2.48 bits per heavy atom. The number of aromatic nitrogens is 1. The van der Waals surface area contributed by atoms with Crippen molar-refractivity contribution in [1.82, 2.24) is 4.98 Å². The summed E-state index contributed by atoms with van der Waals surface area (Å²) in [5.74, 6) is -3.12. The molecule has 0 radical (unpaired) electrons. The molecule has 1 aromatic heterocycles. The summed E-state index contributed by atoms with van der Waals surface area (Å²) >= 11 is 0. The van der Waals surface area contributed by atoms with E-state index in [1.54, 1.807) is 0 Å². The number of halogens is 4. The normalized spacial score (nSPS) is 20.1. The fourth-order valence-corrected chi connectivity index (χ4v) is 3.01. The number of hydrogen-bond acceptors (Lipinski definition) is 4. The number of amides is 1. The highest BCUT2D eigenvalue weighted by Gasteiger charge is 2.46. The molecule has 1 unspecified atom stereocenters. The van der Waals surface area contributed by atoms with Crippen molar-refractivity contribution in [2.24, 2.45) is 11.5 Å². The number of nitrogens with zero attached hydrogens (tertiary/aromatic N) is 1. The predicted molar refractivity (Wildman–Crippen MR) is 89.5 cm³/mol. The van der Waals surface area contributed by atoms with Crippen LogP contribution in [-0.2, 0) is 10.2 Å². The fraction of sp³-hybridized carbons (Fsp3) is 0.333. The summed E-state index contributed by atoms with van der Waals surface area (Å²) in [4.78, 5) is 16.1. The minimum absolute atomic E-state index is 0.0789. The molecule has 0 fully saturated rings. The van der Waals surface area contributed by atoms with Gasteiger partial charge in [0.05, 0.1) is 5.69 Å². The number of rotatable bonds is 4. The van der Waals surface area contributed by atoms with Crippen LogP contribution in [0.15, 0.2) is 30.3 Å². The lowest BCUT2D eigenvalue weighted by Gasteiger charge is -2.22. The van der Waals surface area contributed by atoms with Gasteiger partial charge in [-0.3, -0.25) is 4.79 Å². The zero-order chi connectivity index (χ0) is 20.0. The highest BCUT2D eigenvalue weighted by atomic mass is 19.4. The highest BCUT2D eigenvalue weighted by Crippen LogP contribution is 2.46. The maximum absolute atomic E-state index is 13.4. The molecule has 0 saturated heterocycles. The van der Waals surface area contributed by atoms with Crippen molar-refractivity contribution in [3.8, 4) is 17.0 Å². The van der Waals surface area contributed by atoms with E-state index >= 15 is 0 Å². The van der Waals surface area contributed by atoms with Gasteiger partial charge in [0.15, 0.2) is 0 Å². The van der Waals surface area contributed by atoms with Crippen molar-refractivity contribution in [1.29, 1.82) is 0 Å². The van der Waals surface area contributed by atoms with Crippen LogP contribution in [0.5, 0.6) is 5.75 Å². The molecule has 2 aromatic rings. The Bertz CT molecular complexity index is 883. The van der Waals surface area contributed by atoms with E-state index in [0.29, 0.717) is 5.56 Å². The first kappa shape index (κ1) is 19.1. The Balaban J connectivity index is 2.28.